The van der Waals surface area contributed by atoms with E-state index in [1.54, 1.807) is 23.9 Å². The van der Waals surface area contributed by atoms with Crippen LogP contribution in [0, 0.1) is 0 Å². The van der Waals surface area contributed by atoms with Gasteiger partial charge in [-0.3, -0.25) is 9.59 Å². The standard InChI is InChI=1S/C25H42N2O4Si4/c1-19(31-32-4)35(7)23-13-9-11-21(17-23)27(3)25(29)18-24(28)26(2)20-10-8-12-22(16-20)33(5)14-15-34(6)30/h8-13,16-17,19,30,33-35H,14-15,18,32H2,1-7H3. The Hall–Kier alpha value is -1.83. The van der Waals surface area contributed by atoms with E-state index in [4.69, 9.17) is 4.43 Å². The van der Waals surface area contributed by atoms with Crippen molar-refractivity contribution in [1.82, 2.24) is 0 Å². The minimum atomic E-state index is -1.54. The normalized spacial score (nSPS) is 15.0. The molecule has 0 aliphatic carbocycles. The molecule has 0 radical (unpaired) electrons. The quantitative estimate of drug-likeness (QED) is 0.321. The van der Waals surface area contributed by atoms with Crippen molar-refractivity contribution < 1.29 is 18.8 Å². The Morgan fingerprint density at radius 3 is 1.97 bits per heavy atom. The highest BCUT2D eigenvalue weighted by Crippen LogP contribution is 2.16. The Morgan fingerprint density at radius 1 is 0.943 bits per heavy atom. The first kappa shape index (κ1) is 29.4. The molecule has 2 amide bonds. The third-order valence-corrected chi connectivity index (χ3v) is 15.6. The number of hydrogen-bond donors (Lipinski definition) is 1. The maximum absolute atomic E-state index is 13.0. The summed E-state index contributed by atoms with van der Waals surface area (Å²) in [5.74, 6) is -0.446. The maximum Gasteiger partial charge on any atom is 0.236 e. The van der Waals surface area contributed by atoms with Crippen LogP contribution >= 0.6 is 0 Å². The van der Waals surface area contributed by atoms with Crippen LogP contribution in [-0.2, 0) is 14.0 Å². The Morgan fingerprint density at radius 2 is 1.46 bits per heavy atom. The molecule has 0 aliphatic rings. The van der Waals surface area contributed by atoms with Crippen LogP contribution in [0.15, 0.2) is 48.5 Å². The second-order valence-electron chi connectivity index (χ2n) is 9.55. The molecule has 0 fully saturated rings. The van der Waals surface area contributed by atoms with Gasteiger partial charge in [-0.2, -0.15) is 0 Å². The number of nitrogens with zero attached hydrogens (tertiary/aromatic N) is 2. The fourth-order valence-electron chi connectivity index (χ4n) is 4.05. The molecule has 0 aromatic heterocycles. The number of anilines is 2. The van der Waals surface area contributed by atoms with Crippen LogP contribution in [0.2, 0.25) is 38.3 Å². The van der Waals surface area contributed by atoms with Crippen LogP contribution in [0.5, 0.6) is 0 Å². The zero-order valence-electron chi connectivity index (χ0n) is 22.3. The van der Waals surface area contributed by atoms with E-state index in [9.17, 15) is 14.4 Å². The van der Waals surface area contributed by atoms with Gasteiger partial charge in [0.15, 0.2) is 18.8 Å². The summed E-state index contributed by atoms with van der Waals surface area (Å²) < 4.78 is 5.94. The zero-order chi connectivity index (χ0) is 26.1. The van der Waals surface area contributed by atoms with Crippen LogP contribution < -0.4 is 20.2 Å². The molecule has 0 saturated heterocycles. The smallest absolute Gasteiger partial charge is 0.236 e. The summed E-state index contributed by atoms with van der Waals surface area (Å²) in [5.41, 5.74) is 1.90. The number of benzene rings is 2. The summed E-state index contributed by atoms with van der Waals surface area (Å²) in [6.45, 7) is 10.8. The molecule has 10 heteroatoms. The third-order valence-electron chi connectivity index (χ3n) is 6.81. The average Bonchev–Trinajstić information content (AvgIpc) is 2.85. The lowest BCUT2D eigenvalue weighted by Crippen LogP contribution is -2.40. The fraction of sp³-hybridized carbons (Fsp3) is 0.440. The number of hydrogen-bond acceptors (Lipinski definition) is 4. The molecule has 1 N–H and O–H groups in total. The van der Waals surface area contributed by atoms with Crippen molar-refractivity contribution in [1.29, 1.82) is 0 Å². The highest BCUT2D eigenvalue weighted by molar-refractivity contribution is 6.73. The molecule has 4 atom stereocenters. The molecule has 0 spiro atoms. The van der Waals surface area contributed by atoms with E-state index >= 15 is 0 Å². The van der Waals surface area contributed by atoms with Crippen molar-refractivity contribution in [2.75, 3.05) is 23.9 Å². The Bertz CT molecular complexity index is 991. The fourth-order valence-corrected chi connectivity index (χ4v) is 12.9. The zero-order valence-corrected chi connectivity index (χ0v) is 27.2. The minimum absolute atomic E-state index is 0.185. The van der Waals surface area contributed by atoms with E-state index in [0.717, 1.165) is 23.5 Å². The van der Waals surface area contributed by atoms with E-state index < -0.39 is 36.4 Å². The number of carbonyl (C=O) groups excluding carboxylic acids is 2. The van der Waals surface area contributed by atoms with Gasteiger partial charge in [0.05, 0.1) is 17.6 Å². The van der Waals surface area contributed by atoms with Gasteiger partial charge in [0, 0.05) is 31.2 Å². The Labute approximate surface area is 218 Å². The molecule has 0 bridgehead atoms. The lowest BCUT2D eigenvalue weighted by molar-refractivity contribution is -0.126. The summed E-state index contributed by atoms with van der Waals surface area (Å²) in [5, 5.41) is 2.54. The molecule has 192 valence electrons. The monoisotopic (exact) mass is 546 g/mol. The largest absolute Gasteiger partial charge is 0.435 e. The average molecular weight is 547 g/mol. The van der Waals surface area contributed by atoms with E-state index in [-0.39, 0.29) is 24.0 Å². The Kier molecular flexibility index (Phi) is 11.8. The van der Waals surface area contributed by atoms with Crippen LogP contribution in [0.4, 0.5) is 11.4 Å². The molecule has 2 rings (SSSR count). The number of rotatable bonds is 12. The maximum atomic E-state index is 13.0. The van der Waals surface area contributed by atoms with Crippen molar-refractivity contribution in [3.05, 3.63) is 48.5 Å². The van der Waals surface area contributed by atoms with Gasteiger partial charge >= 0.3 is 0 Å². The van der Waals surface area contributed by atoms with Crippen LogP contribution in [0.3, 0.4) is 0 Å². The van der Waals surface area contributed by atoms with Crippen molar-refractivity contribution >= 4 is 70.0 Å². The SMILES string of the molecule is C[SiH2]OC(C)[SiH](C)c1cccc(N(C)C(=O)CC(=O)N(C)c2cccc([SiH](C)CC[SiH](C)O)c2)c1. The van der Waals surface area contributed by atoms with Crippen molar-refractivity contribution in [3.8, 4) is 0 Å². The number of carbonyl (C=O) groups is 2. The second-order valence-corrected chi connectivity index (χ2v) is 19.0. The van der Waals surface area contributed by atoms with E-state index in [2.05, 4.69) is 50.8 Å². The van der Waals surface area contributed by atoms with Gasteiger partial charge < -0.3 is 19.0 Å². The molecular formula is C25H42N2O4Si4. The molecule has 0 heterocycles. The molecular weight excluding hydrogens is 505 g/mol. The molecule has 2 aromatic rings. The number of amides is 2. The topological polar surface area (TPSA) is 70.1 Å². The van der Waals surface area contributed by atoms with Gasteiger partial charge in [-0.05, 0) is 43.8 Å². The molecule has 2 aromatic carbocycles. The highest BCUT2D eigenvalue weighted by Gasteiger charge is 2.22. The first-order valence-electron chi connectivity index (χ1n) is 12.6. The summed E-state index contributed by atoms with van der Waals surface area (Å²) in [7, 11) is -0.993. The van der Waals surface area contributed by atoms with Crippen LogP contribution in [0.25, 0.3) is 0 Å². The lowest BCUT2D eigenvalue weighted by Gasteiger charge is -2.23. The van der Waals surface area contributed by atoms with E-state index in [0.29, 0.717) is 0 Å². The predicted octanol–water partition coefficient (Wildman–Crippen LogP) is 1.25. The molecule has 6 nitrogen and oxygen atoms in total. The summed E-state index contributed by atoms with van der Waals surface area (Å²) in [6.07, 6.45) is -0.185. The van der Waals surface area contributed by atoms with E-state index in [1.165, 1.54) is 10.4 Å². The summed E-state index contributed by atoms with van der Waals surface area (Å²) in [6, 6.07) is 18.2. The van der Waals surface area contributed by atoms with Crippen molar-refractivity contribution in [2.24, 2.45) is 0 Å². The molecule has 35 heavy (non-hydrogen) atoms. The lowest BCUT2D eigenvalue weighted by atomic mass is 10.2. The Balaban J connectivity index is 2.06. The molecule has 4 unspecified atom stereocenters. The first-order valence-corrected chi connectivity index (χ1v) is 22.0. The highest BCUT2D eigenvalue weighted by atomic mass is 28.3. The van der Waals surface area contributed by atoms with Crippen LogP contribution in [-0.4, -0.2) is 72.8 Å². The van der Waals surface area contributed by atoms with E-state index in [1.807, 2.05) is 30.8 Å². The second kappa shape index (κ2) is 14.0. The molecule has 0 saturated carbocycles. The van der Waals surface area contributed by atoms with Crippen LogP contribution in [0.1, 0.15) is 13.3 Å². The van der Waals surface area contributed by atoms with Gasteiger partial charge in [-0.1, -0.05) is 60.3 Å². The predicted molar refractivity (Wildman–Crippen MR) is 159 cm³/mol. The van der Waals surface area contributed by atoms with Gasteiger partial charge in [-0.25, -0.2) is 0 Å². The summed E-state index contributed by atoms with van der Waals surface area (Å²) >= 11 is 0. The van der Waals surface area contributed by atoms with Crippen molar-refractivity contribution in [3.63, 3.8) is 0 Å². The van der Waals surface area contributed by atoms with Gasteiger partial charge in [-0.15, -0.1) is 0 Å². The van der Waals surface area contributed by atoms with Gasteiger partial charge in [0.1, 0.15) is 6.42 Å². The minimum Gasteiger partial charge on any atom is -0.435 e. The third kappa shape index (κ3) is 8.65. The van der Waals surface area contributed by atoms with Crippen molar-refractivity contribution in [2.45, 2.75) is 57.3 Å². The molecule has 0 aliphatic heterocycles. The van der Waals surface area contributed by atoms with Gasteiger partial charge in [0.2, 0.25) is 11.8 Å². The van der Waals surface area contributed by atoms with Gasteiger partial charge in [0.25, 0.3) is 0 Å². The summed E-state index contributed by atoms with van der Waals surface area (Å²) in [4.78, 5) is 38.9. The first-order chi connectivity index (χ1) is 16.5.